The van der Waals surface area contributed by atoms with E-state index in [-0.39, 0.29) is 23.0 Å². The van der Waals surface area contributed by atoms with E-state index in [0.717, 1.165) is 29.0 Å². The zero-order chi connectivity index (χ0) is 24.7. The average Bonchev–Trinajstić information content (AvgIpc) is 3.47. The van der Waals surface area contributed by atoms with Crippen molar-refractivity contribution in [2.75, 3.05) is 19.6 Å². The number of thiol groups is 1. The molecule has 4 atom stereocenters. The van der Waals surface area contributed by atoms with Crippen molar-refractivity contribution < 1.29 is 19.5 Å². The van der Waals surface area contributed by atoms with Gasteiger partial charge < -0.3 is 5.11 Å². The summed E-state index contributed by atoms with van der Waals surface area (Å²) in [5.74, 6) is -0.553. The number of aliphatic hydroxyl groups excluding tert-OH is 1. The molecule has 3 aliphatic rings. The first kappa shape index (κ1) is 24.3. The number of Topliss-reactive ketones (excluding diaryl/α,β-unsaturated/α-hetero) is 1. The lowest BCUT2D eigenvalue weighted by atomic mass is 9.89. The zero-order valence-corrected chi connectivity index (χ0v) is 21.2. The van der Waals surface area contributed by atoms with Gasteiger partial charge in [0.15, 0.2) is 5.78 Å². The molecule has 0 bridgehead atoms. The summed E-state index contributed by atoms with van der Waals surface area (Å²) in [5.41, 5.74) is 3.23. The SMILES string of the molecule is CC[C@H](O)[C@@H]1C(=O)N2C(C(=O)S)=C([C@H]3CCN(CC(=O)c4ccc(-c5ccccc5)cc4)C3)S[C@H]12. The largest absolute Gasteiger partial charge is 0.392 e. The summed E-state index contributed by atoms with van der Waals surface area (Å²) in [6, 6.07) is 17.8. The molecule has 1 amide bonds. The summed E-state index contributed by atoms with van der Waals surface area (Å²) >= 11 is 5.56. The monoisotopic (exact) mass is 508 g/mol. The molecular weight excluding hydrogens is 480 g/mol. The number of likely N-dealkylation sites (tertiary alicyclic amines) is 1. The lowest BCUT2D eigenvalue weighted by Gasteiger charge is -2.44. The van der Waals surface area contributed by atoms with Gasteiger partial charge in [0.05, 0.1) is 18.6 Å². The Bertz CT molecular complexity index is 1180. The van der Waals surface area contributed by atoms with Crippen LogP contribution in [0.3, 0.4) is 0 Å². The summed E-state index contributed by atoms with van der Waals surface area (Å²) in [6.45, 7) is 3.56. The smallest absolute Gasteiger partial charge is 0.236 e. The van der Waals surface area contributed by atoms with Crippen molar-refractivity contribution in [1.82, 2.24) is 9.80 Å². The van der Waals surface area contributed by atoms with Crippen molar-refractivity contribution >= 4 is 41.2 Å². The predicted octanol–water partition coefficient (Wildman–Crippen LogP) is 3.83. The highest BCUT2D eigenvalue weighted by atomic mass is 32.2. The molecule has 2 saturated heterocycles. The molecule has 6 nitrogen and oxygen atoms in total. The topological polar surface area (TPSA) is 77.9 Å². The molecule has 1 N–H and O–H groups in total. The Morgan fingerprint density at radius 3 is 2.46 bits per heavy atom. The van der Waals surface area contributed by atoms with Crippen molar-refractivity contribution in [3.05, 3.63) is 70.8 Å². The number of amides is 1. The third-order valence-corrected chi connectivity index (χ3v) is 8.90. The molecule has 5 rings (SSSR count). The molecule has 0 aromatic heterocycles. The molecule has 3 aliphatic heterocycles. The fourth-order valence-electron chi connectivity index (χ4n) is 5.22. The second kappa shape index (κ2) is 9.93. The van der Waals surface area contributed by atoms with Crippen LogP contribution < -0.4 is 0 Å². The van der Waals surface area contributed by atoms with Gasteiger partial charge in [-0.2, -0.15) is 0 Å². The summed E-state index contributed by atoms with van der Waals surface area (Å²) in [7, 11) is 0. The van der Waals surface area contributed by atoms with Crippen LogP contribution in [0.5, 0.6) is 0 Å². The van der Waals surface area contributed by atoms with Gasteiger partial charge in [-0.25, -0.2) is 0 Å². The summed E-state index contributed by atoms with van der Waals surface area (Å²) in [4.78, 5) is 42.5. The number of ketones is 1. The van der Waals surface area contributed by atoms with Crippen LogP contribution in [0.25, 0.3) is 11.1 Å². The number of benzene rings is 2. The van der Waals surface area contributed by atoms with Gasteiger partial charge in [0.1, 0.15) is 11.1 Å². The van der Waals surface area contributed by atoms with E-state index in [1.54, 1.807) is 0 Å². The Kier molecular flexibility index (Phi) is 6.90. The van der Waals surface area contributed by atoms with Crippen LogP contribution >= 0.6 is 24.4 Å². The van der Waals surface area contributed by atoms with Crippen LogP contribution in [-0.4, -0.2) is 62.8 Å². The van der Waals surface area contributed by atoms with Gasteiger partial charge in [-0.3, -0.25) is 24.2 Å². The highest BCUT2D eigenvalue weighted by Crippen LogP contribution is 2.54. The summed E-state index contributed by atoms with van der Waals surface area (Å²) in [6.07, 6.45) is 0.591. The Morgan fingerprint density at radius 1 is 1.11 bits per heavy atom. The Morgan fingerprint density at radius 2 is 1.80 bits per heavy atom. The molecule has 0 spiro atoms. The fraction of sp³-hybridized carbons (Fsp3) is 0.370. The van der Waals surface area contributed by atoms with E-state index in [9.17, 15) is 19.5 Å². The van der Waals surface area contributed by atoms with Gasteiger partial charge in [-0.1, -0.05) is 74.1 Å². The van der Waals surface area contributed by atoms with Crippen molar-refractivity contribution in [1.29, 1.82) is 0 Å². The second-order valence-corrected chi connectivity index (χ2v) is 10.9. The summed E-state index contributed by atoms with van der Waals surface area (Å²) < 4.78 is 0. The quantitative estimate of drug-likeness (QED) is 0.321. The minimum absolute atomic E-state index is 0.0638. The lowest BCUT2D eigenvalue weighted by Crippen LogP contribution is -2.61. The third kappa shape index (κ3) is 4.48. The molecule has 2 fully saturated rings. The highest BCUT2D eigenvalue weighted by molar-refractivity contribution is 8.04. The molecule has 2 aromatic carbocycles. The van der Waals surface area contributed by atoms with E-state index in [4.69, 9.17) is 0 Å². The predicted molar refractivity (Wildman–Crippen MR) is 140 cm³/mol. The van der Waals surface area contributed by atoms with Crippen LogP contribution in [-0.2, 0) is 9.59 Å². The van der Waals surface area contributed by atoms with Crippen LogP contribution in [0.1, 0.15) is 30.1 Å². The molecule has 0 unspecified atom stereocenters. The Hall–Kier alpha value is -2.39. The standard InChI is InChI=1S/C27H28N2O4S2/c1-2-20(30)22-25(32)29-23(27(33)34)24(35-26(22)29)19-12-13-28(14-19)15-21(31)18-10-8-17(9-11-18)16-6-4-3-5-7-16/h3-11,19-20,22,26,30H,2,12-15H2,1H3,(H,33,34)/t19-,20-,22+,26+/m0/s1. The maximum atomic E-state index is 13.0. The van der Waals surface area contributed by atoms with E-state index in [2.05, 4.69) is 17.5 Å². The molecule has 0 radical (unpaired) electrons. The molecule has 0 saturated carbocycles. The van der Waals surface area contributed by atoms with E-state index in [1.807, 2.05) is 61.5 Å². The molecular formula is C27H28N2O4S2. The number of hydrogen-bond donors (Lipinski definition) is 2. The molecule has 8 heteroatoms. The van der Waals surface area contributed by atoms with Crippen molar-refractivity contribution in [2.24, 2.45) is 11.8 Å². The number of hydrogen-bond acceptors (Lipinski definition) is 6. The second-order valence-electron chi connectivity index (χ2n) is 9.32. The number of thioether (sulfide) groups is 1. The molecule has 0 aliphatic carbocycles. The average molecular weight is 509 g/mol. The van der Waals surface area contributed by atoms with Gasteiger partial charge >= 0.3 is 0 Å². The molecule has 2 aromatic rings. The fourth-order valence-corrected chi connectivity index (χ4v) is 7.24. The maximum Gasteiger partial charge on any atom is 0.236 e. The number of rotatable bonds is 8. The molecule has 3 heterocycles. The van der Waals surface area contributed by atoms with Gasteiger partial charge in [0.2, 0.25) is 11.0 Å². The number of nitrogens with zero attached hydrogens (tertiary/aromatic N) is 2. The van der Waals surface area contributed by atoms with E-state index in [1.165, 1.54) is 16.7 Å². The third-order valence-electron chi connectivity index (χ3n) is 7.17. The first-order chi connectivity index (χ1) is 16.9. The van der Waals surface area contributed by atoms with E-state index >= 15 is 0 Å². The van der Waals surface area contributed by atoms with Gasteiger partial charge in [0, 0.05) is 22.9 Å². The highest BCUT2D eigenvalue weighted by Gasteiger charge is 2.58. The maximum absolute atomic E-state index is 13.0. The Balaban J connectivity index is 1.24. The molecule has 35 heavy (non-hydrogen) atoms. The van der Waals surface area contributed by atoms with Crippen molar-refractivity contribution in [2.45, 2.75) is 31.2 Å². The normalized spacial score (nSPS) is 24.9. The minimum atomic E-state index is -0.710. The number of aliphatic hydroxyl groups is 1. The van der Waals surface area contributed by atoms with Crippen LogP contribution in [0.4, 0.5) is 0 Å². The van der Waals surface area contributed by atoms with Crippen molar-refractivity contribution in [3.8, 4) is 11.1 Å². The number of β-lactam (4-membered cyclic amide) rings is 1. The number of fused-ring (bicyclic) bond motifs is 1. The minimum Gasteiger partial charge on any atom is -0.392 e. The van der Waals surface area contributed by atoms with Crippen molar-refractivity contribution in [3.63, 3.8) is 0 Å². The molecule has 182 valence electrons. The Labute approximate surface area is 214 Å². The number of carbonyl (C=O) groups excluding carboxylic acids is 3. The first-order valence-corrected chi connectivity index (χ1v) is 13.3. The zero-order valence-electron chi connectivity index (χ0n) is 19.5. The summed E-state index contributed by atoms with van der Waals surface area (Å²) in [5, 5.41) is 9.62. The van der Waals surface area contributed by atoms with Crippen LogP contribution in [0.2, 0.25) is 0 Å². The van der Waals surface area contributed by atoms with Gasteiger partial charge in [-0.15, -0.1) is 11.8 Å². The number of carbonyl (C=O) groups is 3. The van der Waals surface area contributed by atoms with Gasteiger partial charge in [0.25, 0.3) is 0 Å². The van der Waals surface area contributed by atoms with Gasteiger partial charge in [-0.05, 0) is 30.5 Å². The van der Waals surface area contributed by atoms with Crippen LogP contribution in [0.15, 0.2) is 65.2 Å². The van der Waals surface area contributed by atoms with E-state index in [0.29, 0.717) is 30.8 Å². The lowest BCUT2D eigenvalue weighted by molar-refractivity contribution is -0.154. The van der Waals surface area contributed by atoms with E-state index < -0.39 is 17.1 Å². The first-order valence-electron chi connectivity index (χ1n) is 11.9. The van der Waals surface area contributed by atoms with Crippen LogP contribution in [0, 0.1) is 11.8 Å².